The summed E-state index contributed by atoms with van der Waals surface area (Å²) in [5.74, 6) is 0.497. The molecule has 0 aliphatic rings. The van der Waals surface area contributed by atoms with Crippen molar-refractivity contribution in [3.63, 3.8) is 0 Å². The number of aromatic nitrogens is 2. The summed E-state index contributed by atoms with van der Waals surface area (Å²) in [6.45, 7) is 5.02. The number of hydrogen-bond donors (Lipinski definition) is 2. The van der Waals surface area contributed by atoms with Crippen LogP contribution in [0.2, 0.25) is 0 Å². The summed E-state index contributed by atoms with van der Waals surface area (Å²) in [5.41, 5.74) is 2.95. The van der Waals surface area contributed by atoms with Crippen molar-refractivity contribution < 1.29 is 9.53 Å². The van der Waals surface area contributed by atoms with E-state index in [0.717, 1.165) is 29.9 Å². The number of nitrogens with zero attached hydrogens (tertiary/aromatic N) is 2. The Kier molecular flexibility index (Phi) is 6.57. The molecule has 0 atom stereocenters. The lowest BCUT2D eigenvalue weighted by atomic mass is 10.2. The van der Waals surface area contributed by atoms with Gasteiger partial charge in [0.2, 0.25) is 0 Å². The Labute approximate surface area is 165 Å². The minimum atomic E-state index is -0.455. The standard InChI is InChI=1S/C22H24N4O2/c1-3-14-23-18-12-8-9-13-19(18)25-21-17(22(27)28-4-2)15-24-20(26-21)16-10-6-5-7-11-16/h5-13,15,23H,3-4,14H2,1-2H3,(H,24,25,26). The second-order valence-electron chi connectivity index (χ2n) is 6.14. The Morgan fingerprint density at radius 3 is 2.43 bits per heavy atom. The van der Waals surface area contributed by atoms with Crippen LogP contribution in [0.4, 0.5) is 17.2 Å². The van der Waals surface area contributed by atoms with Crippen LogP contribution >= 0.6 is 0 Å². The molecule has 0 aliphatic heterocycles. The molecular formula is C22H24N4O2. The summed E-state index contributed by atoms with van der Waals surface area (Å²) in [4.78, 5) is 21.4. The van der Waals surface area contributed by atoms with Gasteiger partial charge >= 0.3 is 5.97 Å². The first kappa shape index (κ1) is 19.4. The van der Waals surface area contributed by atoms with Crippen molar-refractivity contribution in [2.75, 3.05) is 23.8 Å². The van der Waals surface area contributed by atoms with Crippen LogP contribution in [-0.2, 0) is 4.74 Å². The largest absolute Gasteiger partial charge is 0.462 e. The van der Waals surface area contributed by atoms with Gasteiger partial charge in [-0.1, -0.05) is 49.4 Å². The zero-order valence-corrected chi connectivity index (χ0v) is 16.1. The zero-order valence-electron chi connectivity index (χ0n) is 16.1. The van der Waals surface area contributed by atoms with E-state index in [0.29, 0.717) is 17.2 Å². The predicted octanol–water partition coefficient (Wildman–Crippen LogP) is 4.89. The van der Waals surface area contributed by atoms with Crippen LogP contribution in [0.25, 0.3) is 11.4 Å². The van der Waals surface area contributed by atoms with Crippen molar-refractivity contribution in [1.29, 1.82) is 0 Å². The normalized spacial score (nSPS) is 10.4. The number of carbonyl (C=O) groups is 1. The van der Waals surface area contributed by atoms with Gasteiger partial charge in [-0.05, 0) is 25.5 Å². The van der Waals surface area contributed by atoms with Gasteiger partial charge in [-0.2, -0.15) is 0 Å². The number of hydrogen-bond acceptors (Lipinski definition) is 6. The lowest BCUT2D eigenvalue weighted by molar-refractivity contribution is 0.0526. The molecule has 2 aromatic carbocycles. The number of esters is 1. The molecule has 0 saturated carbocycles. The third-order valence-corrected chi connectivity index (χ3v) is 4.06. The minimum absolute atomic E-state index is 0.285. The van der Waals surface area contributed by atoms with Gasteiger partial charge in [-0.3, -0.25) is 0 Å². The van der Waals surface area contributed by atoms with Crippen molar-refractivity contribution in [2.24, 2.45) is 0 Å². The van der Waals surface area contributed by atoms with Gasteiger partial charge in [0.25, 0.3) is 0 Å². The quantitative estimate of drug-likeness (QED) is 0.545. The monoisotopic (exact) mass is 376 g/mol. The van der Waals surface area contributed by atoms with E-state index < -0.39 is 5.97 Å². The zero-order chi connectivity index (χ0) is 19.8. The first-order valence-electron chi connectivity index (χ1n) is 9.42. The highest BCUT2D eigenvalue weighted by Crippen LogP contribution is 2.28. The summed E-state index contributed by atoms with van der Waals surface area (Å²) in [5, 5.41) is 6.67. The van der Waals surface area contributed by atoms with E-state index in [1.165, 1.54) is 6.20 Å². The molecule has 0 fully saturated rings. The first-order valence-corrected chi connectivity index (χ1v) is 9.42. The topological polar surface area (TPSA) is 76.1 Å². The highest BCUT2D eigenvalue weighted by atomic mass is 16.5. The van der Waals surface area contributed by atoms with Gasteiger partial charge in [0, 0.05) is 18.3 Å². The fraction of sp³-hybridized carbons (Fsp3) is 0.227. The second-order valence-corrected chi connectivity index (χ2v) is 6.14. The van der Waals surface area contributed by atoms with Crippen molar-refractivity contribution in [1.82, 2.24) is 9.97 Å². The maximum absolute atomic E-state index is 12.4. The molecule has 0 aliphatic carbocycles. The maximum atomic E-state index is 12.4. The van der Waals surface area contributed by atoms with E-state index in [2.05, 4.69) is 27.5 Å². The molecule has 6 nitrogen and oxygen atoms in total. The molecule has 0 radical (unpaired) electrons. The lowest BCUT2D eigenvalue weighted by Gasteiger charge is -2.15. The number of rotatable bonds is 8. The molecule has 0 bridgehead atoms. The van der Waals surface area contributed by atoms with Crippen LogP contribution < -0.4 is 10.6 Å². The Morgan fingerprint density at radius 1 is 1.00 bits per heavy atom. The molecule has 0 amide bonds. The summed E-state index contributed by atoms with van der Waals surface area (Å²) in [6.07, 6.45) is 2.52. The van der Waals surface area contributed by atoms with Gasteiger partial charge in [0.05, 0.1) is 18.0 Å². The summed E-state index contributed by atoms with van der Waals surface area (Å²) >= 11 is 0. The van der Waals surface area contributed by atoms with Crippen molar-refractivity contribution in [2.45, 2.75) is 20.3 Å². The summed E-state index contributed by atoms with van der Waals surface area (Å²) in [6, 6.07) is 17.5. The fourth-order valence-corrected chi connectivity index (χ4v) is 2.70. The van der Waals surface area contributed by atoms with Gasteiger partial charge in [-0.25, -0.2) is 14.8 Å². The van der Waals surface area contributed by atoms with E-state index >= 15 is 0 Å². The molecule has 0 unspecified atom stereocenters. The van der Waals surface area contributed by atoms with E-state index in [1.807, 2.05) is 54.6 Å². The minimum Gasteiger partial charge on any atom is -0.462 e. The third-order valence-electron chi connectivity index (χ3n) is 4.06. The van der Waals surface area contributed by atoms with Crippen molar-refractivity contribution >= 4 is 23.2 Å². The smallest absolute Gasteiger partial charge is 0.343 e. The molecule has 1 heterocycles. The van der Waals surface area contributed by atoms with Crippen LogP contribution in [-0.4, -0.2) is 29.1 Å². The molecule has 6 heteroatoms. The fourth-order valence-electron chi connectivity index (χ4n) is 2.70. The molecule has 2 N–H and O–H groups in total. The van der Waals surface area contributed by atoms with E-state index in [1.54, 1.807) is 6.92 Å². The average Bonchev–Trinajstić information content (AvgIpc) is 2.74. The molecule has 0 spiro atoms. The molecule has 0 saturated heterocycles. The molecule has 28 heavy (non-hydrogen) atoms. The van der Waals surface area contributed by atoms with E-state index in [9.17, 15) is 4.79 Å². The first-order chi connectivity index (χ1) is 13.7. The van der Waals surface area contributed by atoms with Crippen LogP contribution in [0.15, 0.2) is 60.8 Å². The number of ether oxygens (including phenoxy) is 1. The van der Waals surface area contributed by atoms with Crippen LogP contribution in [0.3, 0.4) is 0 Å². The van der Waals surface area contributed by atoms with Crippen LogP contribution in [0, 0.1) is 0 Å². The van der Waals surface area contributed by atoms with Crippen molar-refractivity contribution in [3.05, 3.63) is 66.4 Å². The molecule has 3 aromatic rings. The second kappa shape index (κ2) is 9.50. The molecular weight excluding hydrogens is 352 g/mol. The molecule has 3 rings (SSSR count). The van der Waals surface area contributed by atoms with E-state index in [-0.39, 0.29) is 6.61 Å². The molecule has 144 valence electrons. The third kappa shape index (κ3) is 4.65. The predicted molar refractivity (Wildman–Crippen MR) is 112 cm³/mol. The Morgan fingerprint density at radius 2 is 1.71 bits per heavy atom. The van der Waals surface area contributed by atoms with Gasteiger partial charge in [-0.15, -0.1) is 0 Å². The summed E-state index contributed by atoms with van der Waals surface area (Å²) in [7, 11) is 0. The SMILES string of the molecule is CCCNc1ccccc1Nc1nc(-c2ccccc2)ncc1C(=O)OCC. The number of anilines is 3. The number of carbonyl (C=O) groups excluding carboxylic acids is 1. The Bertz CT molecular complexity index is 929. The highest BCUT2D eigenvalue weighted by Gasteiger charge is 2.17. The van der Waals surface area contributed by atoms with Gasteiger partial charge in [0.1, 0.15) is 11.4 Å². The van der Waals surface area contributed by atoms with Crippen LogP contribution in [0.1, 0.15) is 30.6 Å². The van der Waals surface area contributed by atoms with Gasteiger partial charge in [0.15, 0.2) is 5.82 Å². The highest BCUT2D eigenvalue weighted by molar-refractivity contribution is 5.96. The Hall–Kier alpha value is -3.41. The van der Waals surface area contributed by atoms with Crippen molar-refractivity contribution in [3.8, 4) is 11.4 Å². The number of para-hydroxylation sites is 2. The summed E-state index contributed by atoms with van der Waals surface area (Å²) < 4.78 is 5.17. The lowest BCUT2D eigenvalue weighted by Crippen LogP contribution is -2.12. The Balaban J connectivity index is 2.00. The maximum Gasteiger partial charge on any atom is 0.343 e. The average molecular weight is 376 g/mol. The number of benzene rings is 2. The molecule has 1 aromatic heterocycles. The number of nitrogens with one attached hydrogen (secondary N) is 2. The van der Waals surface area contributed by atoms with E-state index in [4.69, 9.17) is 4.74 Å². The van der Waals surface area contributed by atoms with Gasteiger partial charge < -0.3 is 15.4 Å². The van der Waals surface area contributed by atoms with Crippen LogP contribution in [0.5, 0.6) is 0 Å².